The molecule has 0 unspecified atom stereocenters. The van der Waals surface area contributed by atoms with Gasteiger partial charge >= 0.3 is 0 Å². The molecule has 0 fully saturated rings. The van der Waals surface area contributed by atoms with E-state index in [1.165, 1.54) is 0 Å². The van der Waals surface area contributed by atoms with Gasteiger partial charge in [-0.2, -0.15) is 0 Å². The van der Waals surface area contributed by atoms with Crippen LogP contribution in [0.1, 0.15) is 33.5 Å². The fraction of sp³-hybridized carbons (Fsp3) is 0.167. The lowest BCUT2D eigenvalue weighted by Gasteiger charge is -2.09. The van der Waals surface area contributed by atoms with Crippen molar-refractivity contribution < 1.29 is 13.2 Å². The van der Waals surface area contributed by atoms with Crippen LogP contribution in [0.5, 0.6) is 0 Å². The third-order valence-corrected chi connectivity index (χ3v) is 7.13. The molecule has 152 valence electrons. The normalized spacial score (nSPS) is 11.7. The van der Waals surface area contributed by atoms with Gasteiger partial charge in [-0.3, -0.25) is 4.79 Å². The van der Waals surface area contributed by atoms with Crippen LogP contribution in [0.15, 0.2) is 83.0 Å². The minimum atomic E-state index is -3.57. The Morgan fingerprint density at radius 3 is 2.50 bits per heavy atom. The number of pyridine rings is 1. The lowest BCUT2D eigenvalue weighted by molar-refractivity contribution is 0.0982. The van der Waals surface area contributed by atoms with Crippen LogP contribution in [0.2, 0.25) is 0 Å². The van der Waals surface area contributed by atoms with Crippen molar-refractivity contribution in [3.63, 3.8) is 0 Å². The van der Waals surface area contributed by atoms with E-state index in [2.05, 4.69) is 4.98 Å². The minimum absolute atomic E-state index is 0.0394. The molecular weight excluding hydrogens is 396 g/mol. The summed E-state index contributed by atoms with van der Waals surface area (Å²) in [6.07, 6.45) is 6.18. The van der Waals surface area contributed by atoms with Crippen molar-refractivity contribution in [2.24, 2.45) is 0 Å². The number of fused-ring (bicyclic) bond motifs is 1. The van der Waals surface area contributed by atoms with Crippen LogP contribution in [0.25, 0.3) is 5.65 Å². The van der Waals surface area contributed by atoms with Crippen LogP contribution in [0.3, 0.4) is 0 Å². The average molecular weight is 419 g/mol. The van der Waals surface area contributed by atoms with E-state index < -0.39 is 9.84 Å². The Bertz CT molecular complexity index is 1340. The standard InChI is InChI=1S/C24H22N2O3S/c1-17-3-11-23(18(2)15-17)30(28,29)21-8-4-19(5-9-21)6-10-22(27)20-7-12-24-25-13-14-26(24)16-20/h3-5,7-9,11-16H,6,10H2,1-2H3. The molecule has 0 radical (unpaired) electrons. The van der Waals surface area contributed by atoms with Gasteiger partial charge in [-0.25, -0.2) is 13.4 Å². The first-order chi connectivity index (χ1) is 14.3. The number of carbonyl (C=O) groups excluding carboxylic acids is 1. The summed E-state index contributed by atoms with van der Waals surface area (Å²) in [5.74, 6) is 0.0394. The first-order valence-electron chi connectivity index (χ1n) is 9.72. The number of aromatic nitrogens is 2. The molecule has 4 rings (SSSR count). The molecule has 0 aliphatic rings. The zero-order chi connectivity index (χ0) is 21.3. The van der Waals surface area contributed by atoms with E-state index in [0.29, 0.717) is 23.3 Å². The third-order valence-electron chi connectivity index (χ3n) is 5.21. The molecule has 0 aliphatic heterocycles. The number of imidazole rings is 1. The van der Waals surface area contributed by atoms with Gasteiger partial charge in [-0.05, 0) is 61.7 Å². The Hall–Kier alpha value is -3.25. The lowest BCUT2D eigenvalue weighted by Crippen LogP contribution is -2.05. The van der Waals surface area contributed by atoms with Crippen LogP contribution >= 0.6 is 0 Å². The molecule has 0 atom stereocenters. The van der Waals surface area contributed by atoms with Crippen molar-refractivity contribution in [3.05, 3.63) is 95.4 Å². The van der Waals surface area contributed by atoms with Crippen molar-refractivity contribution in [1.82, 2.24) is 9.38 Å². The first kappa shape index (κ1) is 20.0. The highest BCUT2D eigenvalue weighted by atomic mass is 32.2. The molecule has 0 bridgehead atoms. The summed E-state index contributed by atoms with van der Waals surface area (Å²) in [5.41, 5.74) is 4.12. The fourth-order valence-corrected chi connectivity index (χ4v) is 5.03. The summed E-state index contributed by atoms with van der Waals surface area (Å²) >= 11 is 0. The Balaban J connectivity index is 1.47. The first-order valence-corrected chi connectivity index (χ1v) is 11.2. The molecule has 2 heterocycles. The van der Waals surface area contributed by atoms with Gasteiger partial charge in [0.05, 0.1) is 9.79 Å². The molecular formula is C24H22N2O3S. The highest BCUT2D eigenvalue weighted by Crippen LogP contribution is 2.25. The van der Waals surface area contributed by atoms with Gasteiger partial charge in [0.25, 0.3) is 0 Å². The van der Waals surface area contributed by atoms with Gasteiger partial charge in [0.15, 0.2) is 5.78 Å². The summed E-state index contributed by atoms with van der Waals surface area (Å²) in [7, 11) is -3.57. The summed E-state index contributed by atoms with van der Waals surface area (Å²) in [4.78, 5) is 17.3. The Morgan fingerprint density at radius 1 is 1.00 bits per heavy atom. The number of Topliss-reactive ketones (excluding diaryl/α,β-unsaturated/α-hetero) is 1. The number of aryl methyl sites for hydroxylation is 3. The van der Waals surface area contributed by atoms with E-state index in [1.807, 2.05) is 23.5 Å². The molecule has 0 N–H and O–H groups in total. The molecule has 5 nitrogen and oxygen atoms in total. The Morgan fingerprint density at radius 2 is 1.77 bits per heavy atom. The van der Waals surface area contributed by atoms with Crippen molar-refractivity contribution in [1.29, 1.82) is 0 Å². The number of sulfone groups is 1. The largest absolute Gasteiger partial charge is 0.306 e. The molecule has 4 aromatic rings. The second kappa shape index (κ2) is 7.88. The number of hydrogen-bond acceptors (Lipinski definition) is 4. The van der Waals surface area contributed by atoms with Gasteiger partial charge in [-0.1, -0.05) is 29.8 Å². The summed E-state index contributed by atoms with van der Waals surface area (Å²) in [6.45, 7) is 3.74. The zero-order valence-corrected chi connectivity index (χ0v) is 17.7. The fourth-order valence-electron chi connectivity index (χ4n) is 3.55. The van der Waals surface area contributed by atoms with E-state index in [4.69, 9.17) is 0 Å². The maximum absolute atomic E-state index is 13.0. The lowest BCUT2D eigenvalue weighted by atomic mass is 10.0. The molecule has 6 heteroatoms. The third kappa shape index (κ3) is 3.91. The Labute approximate surface area is 175 Å². The highest BCUT2D eigenvalue weighted by molar-refractivity contribution is 7.91. The van der Waals surface area contributed by atoms with Gasteiger partial charge < -0.3 is 4.40 Å². The average Bonchev–Trinajstić information content (AvgIpc) is 3.20. The number of carbonyl (C=O) groups is 1. The Kier molecular flexibility index (Phi) is 5.26. The summed E-state index contributed by atoms with van der Waals surface area (Å²) in [5, 5.41) is 0. The van der Waals surface area contributed by atoms with Gasteiger partial charge in [0.1, 0.15) is 5.65 Å². The van der Waals surface area contributed by atoms with Crippen molar-refractivity contribution in [3.8, 4) is 0 Å². The van der Waals surface area contributed by atoms with Crippen molar-refractivity contribution in [2.75, 3.05) is 0 Å². The molecule has 2 aromatic heterocycles. The maximum Gasteiger partial charge on any atom is 0.206 e. The van der Waals surface area contributed by atoms with Crippen LogP contribution in [0, 0.1) is 13.8 Å². The van der Waals surface area contributed by atoms with Crippen LogP contribution in [0.4, 0.5) is 0 Å². The second-order valence-corrected chi connectivity index (χ2v) is 9.37. The minimum Gasteiger partial charge on any atom is -0.306 e. The number of nitrogens with zero attached hydrogens (tertiary/aromatic N) is 2. The second-order valence-electron chi connectivity index (χ2n) is 7.45. The van der Waals surface area contributed by atoms with Crippen LogP contribution in [-0.2, 0) is 16.3 Å². The molecule has 0 saturated carbocycles. The predicted octanol–water partition coefficient (Wildman–Crippen LogP) is 4.60. The van der Waals surface area contributed by atoms with Gasteiger partial charge in [0.2, 0.25) is 9.84 Å². The van der Waals surface area contributed by atoms with Crippen molar-refractivity contribution in [2.45, 2.75) is 36.5 Å². The van der Waals surface area contributed by atoms with Crippen molar-refractivity contribution >= 4 is 21.3 Å². The predicted molar refractivity (Wildman–Crippen MR) is 116 cm³/mol. The SMILES string of the molecule is Cc1ccc(S(=O)(=O)c2ccc(CCC(=O)c3ccc4nccn4c3)cc2)c(C)c1. The zero-order valence-electron chi connectivity index (χ0n) is 16.9. The van der Waals surface area contributed by atoms with Gasteiger partial charge in [0, 0.05) is 30.6 Å². The monoisotopic (exact) mass is 418 g/mol. The number of hydrogen-bond donors (Lipinski definition) is 0. The van der Waals surface area contributed by atoms with E-state index in [1.54, 1.807) is 68.0 Å². The molecule has 30 heavy (non-hydrogen) atoms. The number of ketones is 1. The molecule has 0 aliphatic carbocycles. The highest BCUT2D eigenvalue weighted by Gasteiger charge is 2.19. The molecule has 0 saturated heterocycles. The van der Waals surface area contributed by atoms with E-state index in [9.17, 15) is 13.2 Å². The summed E-state index contributed by atoms with van der Waals surface area (Å²) < 4.78 is 27.7. The topological polar surface area (TPSA) is 68.5 Å². The number of rotatable bonds is 6. The van der Waals surface area contributed by atoms with Crippen LogP contribution < -0.4 is 0 Å². The van der Waals surface area contributed by atoms with E-state index >= 15 is 0 Å². The smallest absolute Gasteiger partial charge is 0.206 e. The van der Waals surface area contributed by atoms with Gasteiger partial charge in [-0.15, -0.1) is 0 Å². The maximum atomic E-state index is 13.0. The quantitative estimate of drug-likeness (QED) is 0.429. The van der Waals surface area contributed by atoms with E-state index in [-0.39, 0.29) is 10.7 Å². The van der Waals surface area contributed by atoms with Crippen LogP contribution in [-0.4, -0.2) is 23.6 Å². The molecule has 2 aromatic carbocycles. The molecule has 0 spiro atoms. The van der Waals surface area contributed by atoms with E-state index in [0.717, 1.165) is 22.3 Å². The summed E-state index contributed by atoms with van der Waals surface area (Å²) in [6, 6.07) is 15.7. The molecule has 0 amide bonds. The number of benzene rings is 2.